The SMILES string of the molecule is Cc1nonc1CN1CC2CN(C3CCOCC3)CC2(C(=O)O)C1. The van der Waals surface area contributed by atoms with Gasteiger partial charge in [-0.25, -0.2) is 4.63 Å². The predicted octanol–water partition coefficient (Wildman–Crippen LogP) is 0.375. The van der Waals surface area contributed by atoms with Crippen LogP contribution in [0.5, 0.6) is 0 Å². The third kappa shape index (κ3) is 2.62. The fraction of sp³-hybridized carbons (Fsp3) is 0.812. The van der Waals surface area contributed by atoms with Gasteiger partial charge in [0.05, 0.1) is 5.41 Å². The highest BCUT2D eigenvalue weighted by molar-refractivity contribution is 5.77. The lowest BCUT2D eigenvalue weighted by Gasteiger charge is -2.33. The van der Waals surface area contributed by atoms with Crippen LogP contribution in [-0.4, -0.2) is 76.6 Å². The van der Waals surface area contributed by atoms with Crippen LogP contribution in [0.2, 0.25) is 0 Å². The van der Waals surface area contributed by atoms with Gasteiger partial charge in [-0.2, -0.15) is 0 Å². The molecule has 4 rings (SSSR count). The van der Waals surface area contributed by atoms with E-state index in [2.05, 4.69) is 20.1 Å². The van der Waals surface area contributed by atoms with Gasteiger partial charge in [0.2, 0.25) is 0 Å². The Morgan fingerprint density at radius 3 is 2.71 bits per heavy atom. The van der Waals surface area contributed by atoms with Crippen molar-refractivity contribution in [1.82, 2.24) is 20.1 Å². The zero-order chi connectivity index (χ0) is 16.7. The fourth-order valence-electron chi connectivity index (χ4n) is 4.56. The van der Waals surface area contributed by atoms with Crippen LogP contribution in [0.3, 0.4) is 0 Å². The molecule has 1 aromatic rings. The Morgan fingerprint density at radius 2 is 2.08 bits per heavy atom. The molecule has 2 atom stereocenters. The molecule has 8 nitrogen and oxygen atoms in total. The van der Waals surface area contributed by atoms with Gasteiger partial charge in [0.1, 0.15) is 11.4 Å². The van der Waals surface area contributed by atoms with E-state index in [4.69, 9.17) is 9.37 Å². The summed E-state index contributed by atoms with van der Waals surface area (Å²) in [7, 11) is 0. The Labute approximate surface area is 140 Å². The Balaban J connectivity index is 1.47. The molecule has 24 heavy (non-hydrogen) atoms. The molecular formula is C16H24N4O4. The van der Waals surface area contributed by atoms with E-state index in [1.165, 1.54) is 0 Å². The topological polar surface area (TPSA) is 91.9 Å². The van der Waals surface area contributed by atoms with Crippen LogP contribution in [0.25, 0.3) is 0 Å². The molecule has 4 heterocycles. The normalized spacial score (nSPS) is 32.3. The second-order valence-corrected chi connectivity index (χ2v) is 7.40. The number of aliphatic carboxylic acids is 1. The van der Waals surface area contributed by atoms with E-state index in [0.717, 1.165) is 50.5 Å². The number of nitrogens with zero attached hydrogens (tertiary/aromatic N) is 4. The van der Waals surface area contributed by atoms with E-state index >= 15 is 0 Å². The van der Waals surface area contributed by atoms with Gasteiger partial charge < -0.3 is 9.84 Å². The maximum Gasteiger partial charge on any atom is 0.312 e. The number of aryl methyl sites for hydroxylation is 1. The molecule has 3 aliphatic rings. The number of hydrogen-bond donors (Lipinski definition) is 1. The van der Waals surface area contributed by atoms with E-state index < -0.39 is 11.4 Å². The number of fused-ring (bicyclic) bond motifs is 1. The summed E-state index contributed by atoms with van der Waals surface area (Å²) >= 11 is 0. The summed E-state index contributed by atoms with van der Waals surface area (Å²) < 4.78 is 10.2. The van der Waals surface area contributed by atoms with Gasteiger partial charge in [-0.15, -0.1) is 0 Å². The molecule has 0 bridgehead atoms. The van der Waals surface area contributed by atoms with Crippen molar-refractivity contribution in [3.63, 3.8) is 0 Å². The molecule has 3 fully saturated rings. The number of rotatable bonds is 4. The van der Waals surface area contributed by atoms with E-state index in [1.807, 2.05) is 6.92 Å². The number of carbonyl (C=O) groups is 1. The van der Waals surface area contributed by atoms with Crippen molar-refractivity contribution in [2.24, 2.45) is 11.3 Å². The van der Waals surface area contributed by atoms with Crippen LogP contribution >= 0.6 is 0 Å². The standard InChI is InChI=1S/C16H24N4O4/c1-11-14(18-24-17-11)8-19-6-12-7-20(13-2-4-23-5-3-13)10-16(12,9-19)15(21)22/h12-13H,2-10H2,1H3,(H,21,22). The second-order valence-electron chi connectivity index (χ2n) is 7.40. The minimum absolute atomic E-state index is 0.165. The van der Waals surface area contributed by atoms with Crippen LogP contribution in [0, 0.1) is 18.3 Å². The molecule has 3 aliphatic heterocycles. The van der Waals surface area contributed by atoms with Crippen molar-refractivity contribution in [3.05, 3.63) is 11.4 Å². The molecule has 8 heteroatoms. The van der Waals surface area contributed by atoms with Gasteiger partial charge >= 0.3 is 5.97 Å². The molecule has 1 N–H and O–H groups in total. The van der Waals surface area contributed by atoms with Crippen molar-refractivity contribution in [2.75, 3.05) is 39.4 Å². The zero-order valence-electron chi connectivity index (χ0n) is 14.0. The third-order valence-corrected chi connectivity index (χ3v) is 5.96. The number of aromatic nitrogens is 2. The zero-order valence-corrected chi connectivity index (χ0v) is 14.0. The first kappa shape index (κ1) is 16.0. The maximum atomic E-state index is 12.1. The summed E-state index contributed by atoms with van der Waals surface area (Å²) in [5.41, 5.74) is 0.917. The van der Waals surface area contributed by atoms with E-state index in [-0.39, 0.29) is 5.92 Å². The van der Waals surface area contributed by atoms with E-state index in [1.54, 1.807) is 0 Å². The molecule has 0 spiro atoms. The molecule has 132 valence electrons. The predicted molar refractivity (Wildman–Crippen MR) is 83.3 cm³/mol. The van der Waals surface area contributed by atoms with Crippen LogP contribution in [0.1, 0.15) is 24.2 Å². The molecule has 0 radical (unpaired) electrons. The fourth-order valence-corrected chi connectivity index (χ4v) is 4.56. The van der Waals surface area contributed by atoms with Gasteiger partial charge in [-0.05, 0) is 19.8 Å². The van der Waals surface area contributed by atoms with Gasteiger partial charge in [0.25, 0.3) is 0 Å². The minimum atomic E-state index is -0.667. The quantitative estimate of drug-likeness (QED) is 0.843. The van der Waals surface area contributed by atoms with Crippen molar-refractivity contribution in [3.8, 4) is 0 Å². The highest BCUT2D eigenvalue weighted by Gasteiger charge is 2.58. The van der Waals surface area contributed by atoms with Gasteiger partial charge in [-0.1, -0.05) is 10.3 Å². The smallest absolute Gasteiger partial charge is 0.312 e. The van der Waals surface area contributed by atoms with Gasteiger partial charge in [-0.3, -0.25) is 14.6 Å². The van der Waals surface area contributed by atoms with Gasteiger partial charge in [0, 0.05) is 57.9 Å². The largest absolute Gasteiger partial charge is 0.481 e. The summed E-state index contributed by atoms with van der Waals surface area (Å²) in [4.78, 5) is 16.7. The van der Waals surface area contributed by atoms with Crippen LogP contribution in [0.4, 0.5) is 0 Å². The lowest BCUT2D eigenvalue weighted by Crippen LogP contribution is -2.44. The van der Waals surface area contributed by atoms with Crippen LogP contribution in [0.15, 0.2) is 4.63 Å². The number of carboxylic acid groups (broad SMARTS) is 1. The highest BCUT2D eigenvalue weighted by Crippen LogP contribution is 2.44. The molecule has 1 aromatic heterocycles. The van der Waals surface area contributed by atoms with Crippen LogP contribution < -0.4 is 0 Å². The first-order valence-corrected chi connectivity index (χ1v) is 8.64. The number of carboxylic acids is 1. The molecule has 0 aliphatic carbocycles. The monoisotopic (exact) mass is 336 g/mol. The molecule has 0 saturated carbocycles. The Kier molecular flexibility index (Phi) is 4.06. The summed E-state index contributed by atoms with van der Waals surface area (Å²) in [5, 5.41) is 17.7. The average Bonchev–Trinajstić information content (AvgIpc) is 3.22. The first-order chi connectivity index (χ1) is 11.6. The molecule has 3 saturated heterocycles. The highest BCUT2D eigenvalue weighted by atomic mass is 16.6. The van der Waals surface area contributed by atoms with Crippen molar-refractivity contribution in [2.45, 2.75) is 32.4 Å². The summed E-state index contributed by atoms with van der Waals surface area (Å²) in [5.74, 6) is -0.502. The van der Waals surface area contributed by atoms with E-state index in [9.17, 15) is 9.90 Å². The maximum absolute atomic E-state index is 12.1. The van der Waals surface area contributed by atoms with Crippen molar-refractivity contribution < 1.29 is 19.3 Å². The molecule has 0 aromatic carbocycles. The number of ether oxygens (including phenoxy) is 1. The van der Waals surface area contributed by atoms with Crippen molar-refractivity contribution >= 4 is 5.97 Å². The Bertz CT molecular complexity index is 615. The lowest BCUT2D eigenvalue weighted by molar-refractivity contribution is -0.149. The Hall–Kier alpha value is -1.51. The molecule has 2 unspecified atom stereocenters. The van der Waals surface area contributed by atoms with Crippen molar-refractivity contribution in [1.29, 1.82) is 0 Å². The summed E-state index contributed by atoms with van der Waals surface area (Å²) in [6.45, 7) is 6.92. The Morgan fingerprint density at radius 1 is 1.29 bits per heavy atom. The van der Waals surface area contributed by atoms with Crippen LogP contribution in [-0.2, 0) is 16.1 Å². The number of likely N-dealkylation sites (tertiary alicyclic amines) is 2. The van der Waals surface area contributed by atoms with Gasteiger partial charge in [0.15, 0.2) is 0 Å². The summed E-state index contributed by atoms with van der Waals surface area (Å²) in [6, 6.07) is 0.469. The minimum Gasteiger partial charge on any atom is -0.481 e. The number of hydrogen-bond acceptors (Lipinski definition) is 7. The average molecular weight is 336 g/mol. The molecule has 0 amide bonds. The second kappa shape index (κ2) is 6.09. The van der Waals surface area contributed by atoms with E-state index in [0.29, 0.717) is 25.7 Å². The lowest BCUT2D eigenvalue weighted by atomic mass is 9.81. The summed E-state index contributed by atoms with van der Waals surface area (Å²) in [6.07, 6.45) is 2.02. The first-order valence-electron chi connectivity index (χ1n) is 8.64. The molecular weight excluding hydrogens is 312 g/mol. The third-order valence-electron chi connectivity index (χ3n) is 5.96.